The number of aliphatic imine (C=N–C) groups is 1. The number of hydrogen-bond donors (Lipinski definition) is 2. The fourth-order valence-corrected chi connectivity index (χ4v) is 4.55. The van der Waals surface area contributed by atoms with Crippen molar-refractivity contribution in [2.45, 2.75) is 37.6 Å². The molecule has 0 bridgehead atoms. The molecular weight excluding hydrogens is 366 g/mol. The van der Waals surface area contributed by atoms with Gasteiger partial charge >= 0.3 is 0 Å². The summed E-state index contributed by atoms with van der Waals surface area (Å²) >= 11 is 3.53. The second-order valence-electron chi connectivity index (χ2n) is 6.61. The molecule has 1 aromatic heterocycles. The molecule has 1 aliphatic rings. The number of thiazole rings is 1. The number of morpholine rings is 1. The van der Waals surface area contributed by atoms with Crippen molar-refractivity contribution in [3.63, 3.8) is 0 Å². The molecule has 8 heteroatoms. The predicted octanol–water partition coefficient (Wildman–Crippen LogP) is 2.54. The fourth-order valence-electron chi connectivity index (χ4n) is 2.90. The third kappa shape index (κ3) is 7.82. The second kappa shape index (κ2) is 12.5. The van der Waals surface area contributed by atoms with Gasteiger partial charge in [-0.15, -0.1) is 11.3 Å². The van der Waals surface area contributed by atoms with E-state index in [-0.39, 0.29) is 0 Å². The fraction of sp³-hybridized carbons (Fsp3) is 0.778. The van der Waals surface area contributed by atoms with E-state index in [1.807, 2.05) is 23.3 Å². The van der Waals surface area contributed by atoms with E-state index in [0.717, 1.165) is 68.4 Å². The van der Waals surface area contributed by atoms with Crippen LogP contribution < -0.4 is 10.6 Å². The summed E-state index contributed by atoms with van der Waals surface area (Å²) < 4.78 is 6.64. The maximum absolute atomic E-state index is 5.49. The molecule has 6 nitrogen and oxygen atoms in total. The van der Waals surface area contributed by atoms with Gasteiger partial charge in [0, 0.05) is 49.6 Å². The number of hydrogen-bond acceptors (Lipinski definition) is 6. The first kappa shape index (κ1) is 21.5. The quantitative estimate of drug-likeness (QED) is 0.273. The van der Waals surface area contributed by atoms with Gasteiger partial charge in [-0.05, 0) is 19.3 Å². The van der Waals surface area contributed by atoms with Crippen molar-refractivity contribution in [3.8, 4) is 0 Å². The number of nitrogens with one attached hydrogen (secondary N) is 2. The second-order valence-corrected chi connectivity index (χ2v) is 8.84. The summed E-state index contributed by atoms with van der Waals surface area (Å²) in [7, 11) is 0. The summed E-state index contributed by atoms with van der Waals surface area (Å²) in [6.45, 7) is 13.0. The molecule has 148 valence electrons. The van der Waals surface area contributed by atoms with Crippen LogP contribution in [0.4, 0.5) is 0 Å². The lowest BCUT2D eigenvalue weighted by molar-refractivity contribution is 0.00867. The average molecular weight is 400 g/mol. The summed E-state index contributed by atoms with van der Waals surface area (Å²) in [5.74, 6) is 2.57. The molecule has 1 atom stereocenters. The van der Waals surface area contributed by atoms with Crippen LogP contribution in [0.15, 0.2) is 20.9 Å². The van der Waals surface area contributed by atoms with Gasteiger partial charge in [-0.2, -0.15) is 0 Å². The van der Waals surface area contributed by atoms with Crippen LogP contribution in [0.5, 0.6) is 0 Å². The van der Waals surface area contributed by atoms with E-state index in [4.69, 9.17) is 9.73 Å². The van der Waals surface area contributed by atoms with Crippen molar-refractivity contribution in [2.75, 3.05) is 51.7 Å². The Balaban J connectivity index is 1.75. The minimum absolute atomic E-state index is 0.467. The molecule has 0 saturated carbocycles. The van der Waals surface area contributed by atoms with Gasteiger partial charge in [-0.25, -0.2) is 4.98 Å². The Morgan fingerprint density at radius 3 is 2.85 bits per heavy atom. The Morgan fingerprint density at radius 1 is 1.38 bits per heavy atom. The number of nitrogens with zero attached hydrogens (tertiary/aromatic N) is 3. The molecule has 1 aromatic rings. The standard InChI is InChI=1S/C18H33N5OS2/c1-4-19-17(20-6-5-12-25-18-21-7-13-26-18)22-14-16(15(2)3)23-8-10-24-11-9-23/h7,13,15-16H,4-6,8-12,14H2,1-3H3,(H2,19,20,22). The van der Waals surface area contributed by atoms with Crippen molar-refractivity contribution >= 4 is 29.1 Å². The smallest absolute Gasteiger partial charge is 0.191 e. The van der Waals surface area contributed by atoms with Crippen LogP contribution in [0, 0.1) is 5.92 Å². The van der Waals surface area contributed by atoms with E-state index in [2.05, 4.69) is 41.3 Å². The zero-order chi connectivity index (χ0) is 18.6. The first-order valence-corrected chi connectivity index (χ1v) is 11.4. The highest BCUT2D eigenvalue weighted by Gasteiger charge is 2.23. The van der Waals surface area contributed by atoms with E-state index >= 15 is 0 Å². The molecule has 1 unspecified atom stereocenters. The van der Waals surface area contributed by atoms with E-state index < -0.39 is 0 Å². The molecule has 26 heavy (non-hydrogen) atoms. The SMILES string of the molecule is CCNC(=NCC(C(C)C)N1CCOCC1)NCCCSc1nccs1. The summed E-state index contributed by atoms with van der Waals surface area (Å²) in [6.07, 6.45) is 2.95. The van der Waals surface area contributed by atoms with Gasteiger partial charge < -0.3 is 15.4 Å². The molecule has 1 aliphatic heterocycles. The highest BCUT2D eigenvalue weighted by atomic mass is 32.2. The minimum Gasteiger partial charge on any atom is -0.379 e. The molecule has 0 amide bonds. The molecule has 2 rings (SSSR count). The number of guanidine groups is 1. The first-order valence-electron chi connectivity index (χ1n) is 9.57. The number of thioether (sulfide) groups is 1. The maximum Gasteiger partial charge on any atom is 0.191 e. The van der Waals surface area contributed by atoms with Gasteiger partial charge in [0.05, 0.1) is 19.8 Å². The Kier molecular flexibility index (Phi) is 10.4. The van der Waals surface area contributed by atoms with Crippen LogP contribution in [0.1, 0.15) is 27.2 Å². The molecule has 2 N–H and O–H groups in total. The summed E-state index contributed by atoms with van der Waals surface area (Å²) in [4.78, 5) is 11.7. The molecule has 1 saturated heterocycles. The lowest BCUT2D eigenvalue weighted by Crippen LogP contribution is -2.48. The van der Waals surface area contributed by atoms with Gasteiger partial charge in [0.15, 0.2) is 5.96 Å². The van der Waals surface area contributed by atoms with E-state index in [1.54, 1.807) is 11.3 Å². The van der Waals surface area contributed by atoms with Gasteiger partial charge in [0.25, 0.3) is 0 Å². The predicted molar refractivity (Wildman–Crippen MR) is 112 cm³/mol. The largest absolute Gasteiger partial charge is 0.379 e. The number of rotatable bonds is 10. The van der Waals surface area contributed by atoms with Crippen molar-refractivity contribution in [1.29, 1.82) is 0 Å². The molecule has 0 spiro atoms. The third-order valence-electron chi connectivity index (χ3n) is 4.31. The number of ether oxygens (including phenoxy) is 1. The van der Waals surface area contributed by atoms with Crippen molar-refractivity contribution in [2.24, 2.45) is 10.9 Å². The van der Waals surface area contributed by atoms with Crippen LogP contribution in [0.25, 0.3) is 0 Å². The number of aromatic nitrogens is 1. The molecule has 0 aromatic carbocycles. The lowest BCUT2D eigenvalue weighted by Gasteiger charge is -2.36. The highest BCUT2D eigenvalue weighted by molar-refractivity contribution is 8.00. The molecule has 2 heterocycles. The van der Waals surface area contributed by atoms with E-state index in [0.29, 0.717) is 12.0 Å². The summed E-state index contributed by atoms with van der Waals surface area (Å²) in [5, 5.41) is 8.85. The Morgan fingerprint density at radius 2 is 2.19 bits per heavy atom. The first-order chi connectivity index (χ1) is 12.7. The van der Waals surface area contributed by atoms with Gasteiger partial charge in [-0.3, -0.25) is 9.89 Å². The summed E-state index contributed by atoms with van der Waals surface area (Å²) in [5.41, 5.74) is 0. The molecule has 1 fully saturated rings. The molecule has 0 radical (unpaired) electrons. The minimum atomic E-state index is 0.467. The van der Waals surface area contributed by atoms with Crippen LogP contribution in [0.2, 0.25) is 0 Å². The normalized spacial score (nSPS) is 17.5. The van der Waals surface area contributed by atoms with Crippen molar-refractivity contribution in [1.82, 2.24) is 20.5 Å². The maximum atomic E-state index is 5.49. The molecule has 0 aliphatic carbocycles. The van der Waals surface area contributed by atoms with Crippen LogP contribution in [0.3, 0.4) is 0 Å². The van der Waals surface area contributed by atoms with Crippen LogP contribution in [-0.4, -0.2) is 73.6 Å². The summed E-state index contributed by atoms with van der Waals surface area (Å²) in [6, 6.07) is 0.467. The molecular formula is C18H33N5OS2. The lowest BCUT2D eigenvalue weighted by atomic mass is 10.0. The Labute approximate surface area is 166 Å². The average Bonchev–Trinajstić information content (AvgIpc) is 3.15. The zero-order valence-corrected chi connectivity index (χ0v) is 17.9. The monoisotopic (exact) mass is 399 g/mol. The van der Waals surface area contributed by atoms with Gasteiger partial charge in [0.1, 0.15) is 4.34 Å². The van der Waals surface area contributed by atoms with Crippen LogP contribution >= 0.6 is 23.1 Å². The highest BCUT2D eigenvalue weighted by Crippen LogP contribution is 2.20. The van der Waals surface area contributed by atoms with Crippen molar-refractivity contribution < 1.29 is 4.74 Å². The third-order valence-corrected chi connectivity index (χ3v) is 6.37. The van der Waals surface area contributed by atoms with Gasteiger partial charge in [-0.1, -0.05) is 25.6 Å². The van der Waals surface area contributed by atoms with Crippen molar-refractivity contribution in [3.05, 3.63) is 11.6 Å². The Bertz CT molecular complexity index is 504. The van der Waals surface area contributed by atoms with Gasteiger partial charge in [0.2, 0.25) is 0 Å². The zero-order valence-electron chi connectivity index (χ0n) is 16.2. The van der Waals surface area contributed by atoms with E-state index in [9.17, 15) is 0 Å². The van der Waals surface area contributed by atoms with E-state index in [1.165, 1.54) is 0 Å². The Hall–Kier alpha value is -0.830. The van der Waals surface area contributed by atoms with Crippen LogP contribution in [-0.2, 0) is 4.74 Å². The topological polar surface area (TPSA) is 61.8 Å².